The number of carbonyl (C=O) groups is 1. The van der Waals surface area contributed by atoms with Crippen molar-refractivity contribution in [3.8, 4) is 6.07 Å². The van der Waals surface area contributed by atoms with Gasteiger partial charge in [-0.3, -0.25) is 4.79 Å². The Morgan fingerprint density at radius 1 is 1.55 bits per heavy atom. The molecule has 1 fully saturated rings. The maximum Gasteiger partial charge on any atom is 0.262 e. The first-order valence-corrected chi connectivity index (χ1v) is 7.52. The van der Waals surface area contributed by atoms with Gasteiger partial charge in [0.05, 0.1) is 26.3 Å². The summed E-state index contributed by atoms with van der Waals surface area (Å²) in [7, 11) is 0. The summed E-state index contributed by atoms with van der Waals surface area (Å²) in [5, 5.41) is 13.8. The van der Waals surface area contributed by atoms with Crippen molar-refractivity contribution in [3.63, 3.8) is 0 Å². The Balaban J connectivity index is 1.79. The highest BCUT2D eigenvalue weighted by atomic mass is 32.1. The Kier molecular flexibility index (Phi) is 5.74. The average Bonchev–Trinajstić information content (AvgIpc) is 2.98. The van der Waals surface area contributed by atoms with Crippen molar-refractivity contribution >= 4 is 23.3 Å². The van der Waals surface area contributed by atoms with E-state index in [0.29, 0.717) is 6.54 Å². The fourth-order valence-corrected chi connectivity index (χ4v) is 2.68. The molecular weight excluding hydrogens is 274 g/mol. The van der Waals surface area contributed by atoms with Crippen LogP contribution in [0.5, 0.6) is 0 Å². The molecule has 0 unspecified atom stereocenters. The molecule has 1 saturated heterocycles. The van der Waals surface area contributed by atoms with Crippen LogP contribution in [0, 0.1) is 11.3 Å². The molecule has 2 N–H and O–H groups in total. The number of amides is 1. The molecule has 1 aliphatic rings. The van der Waals surface area contributed by atoms with Gasteiger partial charge >= 0.3 is 0 Å². The number of thiophene rings is 1. The van der Waals surface area contributed by atoms with Gasteiger partial charge in [0.1, 0.15) is 24.7 Å². The van der Waals surface area contributed by atoms with Crippen LogP contribution in [-0.4, -0.2) is 45.3 Å². The van der Waals surface area contributed by atoms with E-state index in [9.17, 15) is 4.79 Å². The van der Waals surface area contributed by atoms with Gasteiger partial charge in [-0.05, 0) is 17.5 Å². The number of nitrogens with one attached hydrogen (secondary N) is 2. The van der Waals surface area contributed by atoms with E-state index >= 15 is 0 Å². The molecule has 106 valence electrons. The number of ether oxygens (including phenoxy) is 1. The molecule has 1 amide bonds. The van der Waals surface area contributed by atoms with Crippen LogP contribution in [0.15, 0.2) is 23.1 Å². The molecule has 0 radical (unpaired) electrons. The Labute approximate surface area is 122 Å². The number of rotatable bonds is 5. The summed E-state index contributed by atoms with van der Waals surface area (Å²) < 4.78 is 5.28. The van der Waals surface area contributed by atoms with Crippen LogP contribution in [0.3, 0.4) is 0 Å². The lowest BCUT2D eigenvalue weighted by Gasteiger charge is -2.23. The Hall–Kier alpha value is -1.68. The van der Waals surface area contributed by atoms with Crippen molar-refractivity contribution in [1.29, 1.82) is 5.26 Å². The normalized spacial score (nSPS) is 16.6. The Morgan fingerprint density at radius 3 is 3.00 bits per heavy atom. The monoisotopic (exact) mass is 292 g/mol. The number of nitrogens with zero attached hydrogens (tertiary/aromatic N) is 1. The van der Waals surface area contributed by atoms with Gasteiger partial charge in [0.15, 0.2) is 0 Å². The summed E-state index contributed by atoms with van der Waals surface area (Å²) in [5.41, 5.74) is 0.157. The molecule has 0 spiro atoms. The summed E-state index contributed by atoms with van der Waals surface area (Å²) in [6, 6.07) is 5.73. The van der Waals surface area contributed by atoms with Crippen LogP contribution in [-0.2, 0) is 9.53 Å². The van der Waals surface area contributed by atoms with Gasteiger partial charge in [0, 0.05) is 4.88 Å². The molecule has 20 heavy (non-hydrogen) atoms. The number of carbonyl (C=O) groups excluding carboxylic acids is 1. The molecular formula is C14H18N3O2S+. The predicted octanol–water partition coefficient (Wildman–Crippen LogP) is -0.314. The highest BCUT2D eigenvalue weighted by Gasteiger charge is 2.14. The zero-order valence-corrected chi connectivity index (χ0v) is 12.0. The first-order chi connectivity index (χ1) is 9.79. The highest BCUT2D eigenvalue weighted by Crippen LogP contribution is 2.12. The minimum Gasteiger partial charge on any atom is -0.370 e. The fourth-order valence-electron chi connectivity index (χ4n) is 2.02. The molecule has 2 rings (SSSR count). The van der Waals surface area contributed by atoms with Gasteiger partial charge in [-0.15, -0.1) is 11.3 Å². The third kappa shape index (κ3) is 4.46. The lowest BCUT2D eigenvalue weighted by Crippen LogP contribution is -3.14. The largest absolute Gasteiger partial charge is 0.370 e. The predicted molar refractivity (Wildman–Crippen MR) is 77.3 cm³/mol. The van der Waals surface area contributed by atoms with Gasteiger partial charge in [-0.25, -0.2) is 0 Å². The van der Waals surface area contributed by atoms with E-state index in [0.717, 1.165) is 37.7 Å². The van der Waals surface area contributed by atoms with Crippen LogP contribution in [0.1, 0.15) is 4.88 Å². The molecule has 6 heteroatoms. The number of quaternary nitrogens is 1. The van der Waals surface area contributed by atoms with E-state index < -0.39 is 0 Å². The molecule has 5 nitrogen and oxygen atoms in total. The lowest BCUT2D eigenvalue weighted by molar-refractivity contribution is -0.906. The molecule has 2 heterocycles. The molecule has 0 bridgehead atoms. The van der Waals surface area contributed by atoms with E-state index in [-0.39, 0.29) is 11.5 Å². The van der Waals surface area contributed by atoms with Crippen LogP contribution in [0.4, 0.5) is 0 Å². The quantitative estimate of drug-likeness (QED) is 0.578. The van der Waals surface area contributed by atoms with Crippen LogP contribution in [0.25, 0.3) is 6.08 Å². The molecule has 1 aromatic heterocycles. The van der Waals surface area contributed by atoms with E-state index in [1.54, 1.807) is 6.08 Å². The third-order valence-corrected chi connectivity index (χ3v) is 3.98. The smallest absolute Gasteiger partial charge is 0.262 e. The number of hydrogen-bond acceptors (Lipinski definition) is 4. The number of morpholine rings is 1. The summed E-state index contributed by atoms with van der Waals surface area (Å²) in [5.74, 6) is -0.298. The molecule has 0 saturated carbocycles. The van der Waals surface area contributed by atoms with Gasteiger partial charge in [-0.1, -0.05) is 6.07 Å². The minimum atomic E-state index is -0.298. The van der Waals surface area contributed by atoms with Crippen molar-refractivity contribution in [2.24, 2.45) is 0 Å². The summed E-state index contributed by atoms with van der Waals surface area (Å²) in [6.45, 7) is 4.97. The topological polar surface area (TPSA) is 66.6 Å². The number of hydrogen-bond donors (Lipinski definition) is 2. The molecule has 0 atom stereocenters. The zero-order chi connectivity index (χ0) is 14.2. The fraction of sp³-hybridized carbons (Fsp3) is 0.429. The first-order valence-electron chi connectivity index (χ1n) is 6.64. The van der Waals surface area contributed by atoms with Crippen molar-refractivity contribution < 1.29 is 14.4 Å². The Morgan fingerprint density at radius 2 is 2.35 bits per heavy atom. The molecule has 0 aliphatic carbocycles. The van der Waals surface area contributed by atoms with E-state index in [1.807, 2.05) is 23.6 Å². The lowest BCUT2D eigenvalue weighted by atomic mass is 10.2. The van der Waals surface area contributed by atoms with Crippen LogP contribution < -0.4 is 10.2 Å². The van der Waals surface area contributed by atoms with Crippen molar-refractivity contribution in [2.75, 3.05) is 39.4 Å². The second-order valence-electron chi connectivity index (χ2n) is 4.55. The van der Waals surface area contributed by atoms with E-state index in [1.165, 1.54) is 16.2 Å². The molecule has 0 aromatic carbocycles. The standard InChI is InChI=1S/C14H17N3O2S/c15-11-12(10-13-2-1-9-20-13)14(18)16-3-4-17-5-7-19-8-6-17/h1-2,9-10H,3-8H2,(H,16,18)/p+1. The maximum atomic E-state index is 11.9. The van der Waals surface area contributed by atoms with Gasteiger partial charge in [0.25, 0.3) is 5.91 Å². The zero-order valence-electron chi connectivity index (χ0n) is 11.2. The van der Waals surface area contributed by atoms with Crippen molar-refractivity contribution in [2.45, 2.75) is 0 Å². The number of nitriles is 1. The average molecular weight is 292 g/mol. The van der Waals surface area contributed by atoms with Crippen LogP contribution >= 0.6 is 11.3 Å². The van der Waals surface area contributed by atoms with Gasteiger partial charge < -0.3 is 15.0 Å². The van der Waals surface area contributed by atoms with Gasteiger partial charge in [-0.2, -0.15) is 5.26 Å². The molecule has 1 aromatic rings. The second kappa shape index (κ2) is 7.80. The minimum absolute atomic E-state index is 0.157. The Bertz CT molecular complexity index is 499. The summed E-state index contributed by atoms with van der Waals surface area (Å²) in [4.78, 5) is 14.3. The second-order valence-corrected chi connectivity index (χ2v) is 5.53. The maximum absolute atomic E-state index is 11.9. The van der Waals surface area contributed by atoms with Crippen LogP contribution in [0.2, 0.25) is 0 Å². The first kappa shape index (κ1) is 14.7. The summed E-state index contributed by atoms with van der Waals surface area (Å²) in [6.07, 6.45) is 1.63. The van der Waals surface area contributed by atoms with Crippen molar-refractivity contribution in [3.05, 3.63) is 28.0 Å². The summed E-state index contributed by atoms with van der Waals surface area (Å²) >= 11 is 1.51. The van der Waals surface area contributed by atoms with Gasteiger partial charge in [0.2, 0.25) is 0 Å². The highest BCUT2D eigenvalue weighted by molar-refractivity contribution is 7.10. The molecule has 1 aliphatic heterocycles. The van der Waals surface area contributed by atoms with E-state index in [2.05, 4.69) is 5.32 Å². The van der Waals surface area contributed by atoms with E-state index in [4.69, 9.17) is 10.00 Å². The SMILES string of the molecule is N#CC(=Cc1cccs1)C(=O)NCC[NH+]1CCOCC1. The van der Waals surface area contributed by atoms with Crippen molar-refractivity contribution in [1.82, 2.24) is 5.32 Å². The third-order valence-electron chi connectivity index (χ3n) is 3.16.